The maximum atomic E-state index is 4.22. The number of allylic oxidation sites excluding steroid dienone is 2. The maximum Gasteiger partial charge on any atom is 0.0342 e. The summed E-state index contributed by atoms with van der Waals surface area (Å²) in [6.45, 7) is 7.06. The second-order valence-electron chi connectivity index (χ2n) is 6.12. The van der Waals surface area contributed by atoms with Crippen LogP contribution in [0.1, 0.15) is 52.0 Å². The van der Waals surface area contributed by atoms with Crippen molar-refractivity contribution in [2.24, 2.45) is 17.8 Å². The Labute approximate surface area is 111 Å². The lowest BCUT2D eigenvalue weighted by atomic mass is 9.85. The number of pyridine rings is 1. The van der Waals surface area contributed by atoms with Crippen LogP contribution in [0.4, 0.5) is 0 Å². The van der Waals surface area contributed by atoms with Crippen molar-refractivity contribution in [1.82, 2.24) is 4.98 Å². The van der Waals surface area contributed by atoms with Gasteiger partial charge >= 0.3 is 0 Å². The predicted octanol–water partition coefficient (Wildman–Crippen LogP) is 4.95. The van der Waals surface area contributed by atoms with Crippen molar-refractivity contribution < 1.29 is 0 Å². The van der Waals surface area contributed by atoms with Gasteiger partial charge in [-0.25, -0.2) is 0 Å². The second kappa shape index (κ2) is 6.17. The van der Waals surface area contributed by atoms with Gasteiger partial charge in [0.2, 0.25) is 0 Å². The molecule has 1 aromatic heterocycles. The zero-order chi connectivity index (χ0) is 13.0. The molecule has 1 aliphatic carbocycles. The van der Waals surface area contributed by atoms with Crippen LogP contribution in [0.5, 0.6) is 0 Å². The summed E-state index contributed by atoms with van der Waals surface area (Å²) in [5.41, 5.74) is 2.82. The number of hydrogen-bond acceptors (Lipinski definition) is 1. The quantitative estimate of drug-likeness (QED) is 0.713. The third-order valence-corrected chi connectivity index (χ3v) is 4.19. The molecule has 0 saturated heterocycles. The van der Waals surface area contributed by atoms with Gasteiger partial charge in [-0.05, 0) is 47.8 Å². The van der Waals surface area contributed by atoms with Gasteiger partial charge in [0.25, 0.3) is 0 Å². The fourth-order valence-corrected chi connectivity index (χ4v) is 2.80. The van der Waals surface area contributed by atoms with Gasteiger partial charge in [0.1, 0.15) is 0 Å². The highest BCUT2D eigenvalue weighted by Crippen LogP contribution is 2.37. The fraction of sp³-hybridized carbons (Fsp3) is 0.588. The Morgan fingerprint density at radius 1 is 1.28 bits per heavy atom. The number of hydrogen-bond donors (Lipinski definition) is 0. The van der Waals surface area contributed by atoms with Crippen LogP contribution in [0, 0.1) is 17.8 Å². The lowest BCUT2D eigenvalue weighted by Gasteiger charge is -2.20. The molecule has 2 rings (SSSR count). The molecule has 1 aliphatic rings. The normalized spacial score (nSPS) is 21.1. The molecule has 0 amide bonds. The summed E-state index contributed by atoms with van der Waals surface area (Å²) in [6.07, 6.45) is 11.5. The third-order valence-electron chi connectivity index (χ3n) is 4.19. The predicted molar refractivity (Wildman–Crippen MR) is 78.2 cm³/mol. The van der Waals surface area contributed by atoms with Crippen LogP contribution >= 0.6 is 0 Å². The van der Waals surface area contributed by atoms with Crippen LogP contribution in [-0.4, -0.2) is 4.98 Å². The number of rotatable bonds is 5. The minimum Gasteiger partial charge on any atom is -0.264 e. The molecule has 0 bridgehead atoms. The molecule has 0 radical (unpaired) electrons. The molecular weight excluding hydrogens is 218 g/mol. The van der Waals surface area contributed by atoms with E-state index in [9.17, 15) is 0 Å². The SMILES string of the molecule is CC(C)CCC(C)C1CC=C(c2cccnc2)C1. The Hall–Kier alpha value is -1.11. The van der Waals surface area contributed by atoms with E-state index in [2.05, 4.69) is 37.9 Å². The lowest BCUT2D eigenvalue weighted by Crippen LogP contribution is -2.09. The standard InChI is InChI=1S/C17H25N/c1-13(2)6-7-14(3)15-8-9-16(11-15)17-5-4-10-18-12-17/h4-5,9-10,12-15H,6-8,11H2,1-3H3. The topological polar surface area (TPSA) is 12.9 Å². The Morgan fingerprint density at radius 2 is 2.11 bits per heavy atom. The van der Waals surface area contributed by atoms with Crippen LogP contribution < -0.4 is 0 Å². The first kappa shape index (κ1) is 13.3. The summed E-state index contributed by atoms with van der Waals surface area (Å²) in [5, 5.41) is 0. The highest BCUT2D eigenvalue weighted by Gasteiger charge is 2.23. The largest absolute Gasteiger partial charge is 0.264 e. The summed E-state index contributed by atoms with van der Waals surface area (Å²) in [7, 11) is 0. The van der Waals surface area contributed by atoms with Gasteiger partial charge in [-0.15, -0.1) is 0 Å². The van der Waals surface area contributed by atoms with Crippen molar-refractivity contribution in [1.29, 1.82) is 0 Å². The average molecular weight is 243 g/mol. The van der Waals surface area contributed by atoms with Crippen LogP contribution in [0.2, 0.25) is 0 Å². The van der Waals surface area contributed by atoms with Crippen molar-refractivity contribution >= 4 is 5.57 Å². The van der Waals surface area contributed by atoms with Crippen molar-refractivity contribution in [3.8, 4) is 0 Å². The highest BCUT2D eigenvalue weighted by atomic mass is 14.6. The van der Waals surface area contributed by atoms with E-state index in [1.807, 2.05) is 18.5 Å². The molecule has 1 nitrogen and oxygen atoms in total. The Balaban J connectivity index is 1.87. The molecular formula is C17H25N. The third kappa shape index (κ3) is 3.44. The van der Waals surface area contributed by atoms with Crippen LogP contribution in [0.25, 0.3) is 5.57 Å². The minimum atomic E-state index is 0.833. The van der Waals surface area contributed by atoms with Crippen molar-refractivity contribution in [3.63, 3.8) is 0 Å². The molecule has 0 N–H and O–H groups in total. The van der Waals surface area contributed by atoms with E-state index in [1.54, 1.807) is 0 Å². The maximum absolute atomic E-state index is 4.22. The summed E-state index contributed by atoms with van der Waals surface area (Å²) >= 11 is 0. The Kier molecular flexibility index (Phi) is 4.57. The molecule has 0 aliphatic heterocycles. The number of nitrogens with zero attached hydrogens (tertiary/aromatic N) is 1. The van der Waals surface area contributed by atoms with E-state index in [1.165, 1.54) is 36.8 Å². The molecule has 1 heterocycles. The molecule has 0 spiro atoms. The molecule has 1 heteroatoms. The summed E-state index contributed by atoms with van der Waals surface area (Å²) in [6, 6.07) is 4.21. The number of aromatic nitrogens is 1. The van der Waals surface area contributed by atoms with E-state index in [0.717, 1.165) is 17.8 Å². The molecule has 0 fully saturated rings. The molecule has 98 valence electrons. The van der Waals surface area contributed by atoms with E-state index in [-0.39, 0.29) is 0 Å². The molecule has 0 saturated carbocycles. The van der Waals surface area contributed by atoms with Crippen LogP contribution in [-0.2, 0) is 0 Å². The van der Waals surface area contributed by atoms with E-state index in [4.69, 9.17) is 0 Å². The highest BCUT2D eigenvalue weighted by molar-refractivity contribution is 5.66. The zero-order valence-electron chi connectivity index (χ0n) is 11.9. The first-order valence-electron chi connectivity index (χ1n) is 7.26. The lowest BCUT2D eigenvalue weighted by molar-refractivity contribution is 0.331. The smallest absolute Gasteiger partial charge is 0.0342 e. The van der Waals surface area contributed by atoms with Gasteiger partial charge in [0, 0.05) is 12.4 Å². The molecule has 2 atom stereocenters. The van der Waals surface area contributed by atoms with E-state index in [0.29, 0.717) is 0 Å². The van der Waals surface area contributed by atoms with Crippen molar-refractivity contribution in [2.45, 2.75) is 46.5 Å². The summed E-state index contributed by atoms with van der Waals surface area (Å²) in [4.78, 5) is 4.22. The summed E-state index contributed by atoms with van der Waals surface area (Å²) in [5.74, 6) is 2.52. The molecule has 0 aromatic carbocycles. The first-order chi connectivity index (χ1) is 8.66. The van der Waals surface area contributed by atoms with E-state index >= 15 is 0 Å². The van der Waals surface area contributed by atoms with Crippen LogP contribution in [0.15, 0.2) is 30.6 Å². The summed E-state index contributed by atoms with van der Waals surface area (Å²) < 4.78 is 0. The molecule has 18 heavy (non-hydrogen) atoms. The van der Waals surface area contributed by atoms with Gasteiger partial charge in [-0.2, -0.15) is 0 Å². The van der Waals surface area contributed by atoms with Gasteiger partial charge in [-0.1, -0.05) is 45.8 Å². The minimum absolute atomic E-state index is 0.833. The second-order valence-corrected chi connectivity index (χ2v) is 6.12. The van der Waals surface area contributed by atoms with Gasteiger partial charge in [0.15, 0.2) is 0 Å². The monoisotopic (exact) mass is 243 g/mol. The first-order valence-corrected chi connectivity index (χ1v) is 7.26. The molecule has 2 unspecified atom stereocenters. The van der Waals surface area contributed by atoms with Crippen molar-refractivity contribution in [2.75, 3.05) is 0 Å². The molecule has 1 aromatic rings. The van der Waals surface area contributed by atoms with Crippen molar-refractivity contribution in [3.05, 3.63) is 36.2 Å². The fourth-order valence-electron chi connectivity index (χ4n) is 2.80. The Bertz CT molecular complexity index is 391. The van der Waals surface area contributed by atoms with Gasteiger partial charge < -0.3 is 0 Å². The van der Waals surface area contributed by atoms with E-state index < -0.39 is 0 Å². The zero-order valence-corrected chi connectivity index (χ0v) is 11.9. The van der Waals surface area contributed by atoms with Gasteiger partial charge in [0.05, 0.1) is 0 Å². The Morgan fingerprint density at radius 3 is 2.78 bits per heavy atom. The average Bonchev–Trinajstić information content (AvgIpc) is 2.86. The van der Waals surface area contributed by atoms with Gasteiger partial charge in [-0.3, -0.25) is 4.98 Å². The van der Waals surface area contributed by atoms with Crippen LogP contribution in [0.3, 0.4) is 0 Å².